The van der Waals surface area contributed by atoms with Crippen molar-refractivity contribution in [2.75, 3.05) is 45.4 Å². The van der Waals surface area contributed by atoms with Gasteiger partial charge >= 0.3 is 0 Å². The van der Waals surface area contributed by atoms with Crippen molar-refractivity contribution >= 4 is 23.4 Å². The smallest absolute Gasteiger partial charge is 0.220 e. The molecule has 0 aliphatic carbocycles. The average Bonchev–Trinajstić information content (AvgIpc) is 2.69. The van der Waals surface area contributed by atoms with E-state index in [0.29, 0.717) is 32.9 Å². The Morgan fingerprint density at radius 1 is 0.679 bits per heavy atom. The van der Waals surface area contributed by atoms with Gasteiger partial charge in [0, 0.05) is 38.4 Å². The van der Waals surface area contributed by atoms with Gasteiger partial charge in [0.05, 0.1) is 19.8 Å². The predicted molar refractivity (Wildman–Crippen MR) is 115 cm³/mol. The Morgan fingerprint density at radius 2 is 1.25 bits per heavy atom. The van der Waals surface area contributed by atoms with Crippen molar-refractivity contribution in [1.29, 1.82) is 0 Å². The van der Waals surface area contributed by atoms with Gasteiger partial charge in [-0.2, -0.15) is 0 Å². The quantitative estimate of drug-likeness (QED) is 0.219. The number of nitrogens with one attached hydrogen (secondary N) is 2. The summed E-state index contributed by atoms with van der Waals surface area (Å²) in [5.41, 5.74) is 0. The fourth-order valence-corrected chi connectivity index (χ4v) is 2.79. The van der Waals surface area contributed by atoms with Gasteiger partial charge in [-0.15, -0.1) is 11.6 Å². The first-order chi connectivity index (χ1) is 13.7. The molecule has 0 saturated heterocycles. The van der Waals surface area contributed by atoms with Crippen LogP contribution < -0.4 is 10.6 Å². The van der Waals surface area contributed by atoms with E-state index in [1.54, 1.807) is 0 Å². The van der Waals surface area contributed by atoms with Gasteiger partial charge in [-0.25, -0.2) is 0 Å². The predicted octanol–water partition coefficient (Wildman–Crippen LogP) is 3.80. The van der Waals surface area contributed by atoms with Gasteiger partial charge in [0.15, 0.2) is 0 Å². The minimum Gasteiger partial charge on any atom is -0.379 e. The van der Waals surface area contributed by atoms with Crippen LogP contribution in [-0.4, -0.2) is 57.2 Å². The maximum absolute atomic E-state index is 11.7. The van der Waals surface area contributed by atoms with Crippen molar-refractivity contribution in [2.24, 2.45) is 0 Å². The fraction of sp³-hybridized carbons (Fsp3) is 0.905. The van der Waals surface area contributed by atoms with Crippen LogP contribution in [0.1, 0.15) is 77.6 Å². The van der Waals surface area contributed by atoms with Crippen LogP contribution in [0.15, 0.2) is 0 Å². The minimum atomic E-state index is -0.116. The molecule has 0 unspecified atom stereocenters. The molecule has 28 heavy (non-hydrogen) atoms. The second-order valence-corrected chi connectivity index (χ2v) is 7.32. The molecule has 0 aromatic rings. The van der Waals surface area contributed by atoms with Crippen LogP contribution in [0.25, 0.3) is 0 Å². The second-order valence-electron chi connectivity index (χ2n) is 6.94. The number of carbonyl (C=O) groups is 2. The van der Waals surface area contributed by atoms with E-state index in [0.717, 1.165) is 51.0 Å². The van der Waals surface area contributed by atoms with Crippen molar-refractivity contribution in [3.63, 3.8) is 0 Å². The molecule has 0 aliphatic rings. The molecular weight excluding hydrogens is 380 g/mol. The third kappa shape index (κ3) is 21.5. The average molecular weight is 421 g/mol. The third-order valence-electron chi connectivity index (χ3n) is 4.29. The summed E-state index contributed by atoms with van der Waals surface area (Å²) < 4.78 is 10.9. The summed E-state index contributed by atoms with van der Waals surface area (Å²) in [4.78, 5) is 23.4. The first-order valence-electron chi connectivity index (χ1n) is 11.0. The second kappa shape index (κ2) is 22.4. The van der Waals surface area contributed by atoms with Gasteiger partial charge in [0.25, 0.3) is 0 Å². The summed E-state index contributed by atoms with van der Waals surface area (Å²) in [5.74, 6) is 0.564. The molecule has 0 heterocycles. The number of halogens is 1. The highest BCUT2D eigenvalue weighted by molar-refractivity contribution is 6.17. The van der Waals surface area contributed by atoms with Crippen LogP contribution in [0.4, 0.5) is 0 Å². The molecular formula is C21H41ClN2O4. The van der Waals surface area contributed by atoms with Crippen molar-refractivity contribution < 1.29 is 19.1 Å². The Labute approximate surface area is 176 Å². The van der Waals surface area contributed by atoms with Crippen LogP contribution in [0.2, 0.25) is 0 Å². The van der Waals surface area contributed by atoms with Crippen molar-refractivity contribution in [3.05, 3.63) is 0 Å². The number of amides is 2. The zero-order chi connectivity index (χ0) is 20.7. The van der Waals surface area contributed by atoms with Crippen molar-refractivity contribution in [3.8, 4) is 0 Å². The van der Waals surface area contributed by atoms with Gasteiger partial charge in [0.1, 0.15) is 0 Å². The monoisotopic (exact) mass is 420 g/mol. The highest BCUT2D eigenvalue weighted by Crippen LogP contribution is 2.02. The molecule has 0 aromatic carbocycles. The highest BCUT2D eigenvalue weighted by atomic mass is 35.5. The van der Waals surface area contributed by atoms with E-state index in [2.05, 4.69) is 17.6 Å². The first kappa shape index (κ1) is 27.1. The van der Waals surface area contributed by atoms with E-state index < -0.39 is 0 Å². The van der Waals surface area contributed by atoms with Crippen molar-refractivity contribution in [2.45, 2.75) is 77.6 Å². The molecule has 0 bridgehead atoms. The van der Waals surface area contributed by atoms with E-state index in [4.69, 9.17) is 21.1 Å². The Kier molecular flexibility index (Phi) is 21.8. The normalized spacial score (nSPS) is 10.8. The van der Waals surface area contributed by atoms with E-state index in [-0.39, 0.29) is 24.7 Å². The molecule has 0 saturated carbocycles. The topological polar surface area (TPSA) is 76.7 Å². The lowest BCUT2D eigenvalue weighted by molar-refractivity contribution is -0.126. The Balaban J connectivity index is 3.29. The molecule has 0 aliphatic heterocycles. The third-order valence-corrected chi connectivity index (χ3v) is 4.56. The molecule has 2 N–H and O–H groups in total. The zero-order valence-electron chi connectivity index (χ0n) is 17.7. The molecule has 0 rings (SSSR count). The summed E-state index contributed by atoms with van der Waals surface area (Å²) in [7, 11) is 0. The molecule has 0 spiro atoms. The number of hydrogen-bond acceptors (Lipinski definition) is 4. The van der Waals surface area contributed by atoms with Gasteiger partial charge in [-0.3, -0.25) is 9.59 Å². The van der Waals surface area contributed by atoms with Crippen LogP contribution in [0.5, 0.6) is 0 Å². The molecule has 0 aromatic heterocycles. The standard InChI is InChI=1S/C21H41ClN2O4/c1-2-3-4-6-9-14-23-20(25)11-12-21(26)24-15-17-28-19-18-27-16-10-7-5-8-13-22/h2-19H2,1H3,(H,23,25)(H,24,26). The Bertz CT molecular complexity index is 370. The Hall–Kier alpha value is -0.850. The van der Waals surface area contributed by atoms with Gasteiger partial charge in [-0.1, -0.05) is 45.4 Å². The van der Waals surface area contributed by atoms with E-state index >= 15 is 0 Å². The molecule has 7 heteroatoms. The first-order valence-corrected chi connectivity index (χ1v) is 11.5. The summed E-state index contributed by atoms with van der Waals surface area (Å²) >= 11 is 5.62. The minimum absolute atomic E-state index is 0.0540. The molecule has 2 amide bonds. The van der Waals surface area contributed by atoms with E-state index in [1.807, 2.05) is 0 Å². The number of alkyl halides is 1. The van der Waals surface area contributed by atoms with Crippen LogP contribution >= 0.6 is 11.6 Å². The molecule has 0 radical (unpaired) electrons. The number of carbonyl (C=O) groups excluding carboxylic acids is 2. The molecule has 0 atom stereocenters. The number of hydrogen-bond donors (Lipinski definition) is 2. The largest absolute Gasteiger partial charge is 0.379 e. The maximum Gasteiger partial charge on any atom is 0.220 e. The van der Waals surface area contributed by atoms with Gasteiger partial charge in [-0.05, 0) is 19.3 Å². The number of ether oxygens (including phenoxy) is 2. The van der Waals surface area contributed by atoms with Gasteiger partial charge in [0.2, 0.25) is 11.8 Å². The summed E-state index contributed by atoms with van der Waals surface area (Å²) in [6.07, 6.45) is 10.7. The maximum atomic E-state index is 11.7. The van der Waals surface area contributed by atoms with E-state index in [9.17, 15) is 9.59 Å². The van der Waals surface area contributed by atoms with E-state index in [1.165, 1.54) is 19.3 Å². The fourth-order valence-electron chi connectivity index (χ4n) is 2.60. The molecule has 6 nitrogen and oxygen atoms in total. The lowest BCUT2D eigenvalue weighted by atomic mass is 10.1. The summed E-state index contributed by atoms with van der Waals surface area (Å²) in [6.45, 7) is 5.64. The number of unbranched alkanes of at least 4 members (excludes halogenated alkanes) is 7. The Morgan fingerprint density at radius 3 is 1.93 bits per heavy atom. The van der Waals surface area contributed by atoms with Crippen molar-refractivity contribution in [1.82, 2.24) is 10.6 Å². The zero-order valence-corrected chi connectivity index (χ0v) is 18.5. The lowest BCUT2D eigenvalue weighted by Gasteiger charge is -2.08. The van der Waals surface area contributed by atoms with Gasteiger partial charge < -0.3 is 20.1 Å². The summed E-state index contributed by atoms with van der Waals surface area (Å²) in [6, 6.07) is 0. The summed E-state index contributed by atoms with van der Waals surface area (Å²) in [5, 5.41) is 5.63. The highest BCUT2D eigenvalue weighted by Gasteiger charge is 2.06. The number of rotatable bonds is 21. The van der Waals surface area contributed by atoms with Crippen LogP contribution in [0, 0.1) is 0 Å². The SMILES string of the molecule is CCCCCCCNC(=O)CCC(=O)NCCOCCOCCCCCCCl. The van der Waals surface area contributed by atoms with Crippen LogP contribution in [0.3, 0.4) is 0 Å². The molecule has 0 fully saturated rings. The van der Waals surface area contributed by atoms with Crippen LogP contribution in [-0.2, 0) is 19.1 Å². The lowest BCUT2D eigenvalue weighted by Crippen LogP contribution is -2.30. The molecule has 166 valence electrons.